The zero-order valence-corrected chi connectivity index (χ0v) is 30.7. The van der Waals surface area contributed by atoms with Crippen LogP contribution in [0, 0.1) is 0 Å². The number of fused-ring (bicyclic) bond motifs is 8. The van der Waals surface area contributed by atoms with E-state index in [0.717, 1.165) is 17.1 Å². The molecule has 3 heteroatoms. The average Bonchev–Trinajstić information content (AvgIpc) is 3.80. The van der Waals surface area contributed by atoms with Crippen molar-refractivity contribution in [2.45, 2.75) is 0 Å². The molecule has 0 aliphatic carbocycles. The molecule has 0 aliphatic rings. The van der Waals surface area contributed by atoms with Gasteiger partial charge in [-0.2, -0.15) is 0 Å². The number of benzene rings is 9. The summed E-state index contributed by atoms with van der Waals surface area (Å²) < 4.78 is 5.00. The van der Waals surface area contributed by atoms with Crippen LogP contribution in [0.1, 0.15) is 0 Å². The predicted molar refractivity (Wildman–Crippen MR) is 237 cm³/mol. The van der Waals surface area contributed by atoms with Crippen molar-refractivity contribution in [1.29, 1.82) is 0 Å². The SMILES string of the molecule is c1ccc(-c2cccc(N(c3ccc(-c4ccc5c(ccc6c5c5ccccc5n6-c5ccccc5)c4)cc3)c3ccc4sc5ccccc5c4c3)c2)cc1. The number of hydrogen-bond donors (Lipinski definition) is 0. The zero-order chi connectivity index (χ0) is 36.3. The molecule has 0 aliphatic heterocycles. The summed E-state index contributed by atoms with van der Waals surface area (Å²) in [4.78, 5) is 2.39. The van der Waals surface area contributed by atoms with Gasteiger partial charge in [0.25, 0.3) is 0 Å². The molecule has 0 atom stereocenters. The van der Waals surface area contributed by atoms with Crippen molar-refractivity contribution in [2.24, 2.45) is 0 Å². The third kappa shape index (κ3) is 5.32. The van der Waals surface area contributed by atoms with Gasteiger partial charge in [-0.25, -0.2) is 0 Å². The largest absolute Gasteiger partial charge is 0.310 e. The standard InChI is InChI=1S/C52H34N2S/c1-3-12-35(13-4-1)37-14-11-17-42(33-37)53(43-28-31-51-47(34-43)45-18-8-10-21-50(45)55-51)41-26-22-36(23-27-41)38-24-29-44-39(32-38)25-30-49-52(44)46-19-7-9-20-48(46)54(49)40-15-5-2-6-16-40/h1-34H. The topological polar surface area (TPSA) is 8.17 Å². The molecule has 0 bridgehead atoms. The van der Waals surface area contributed by atoms with E-state index in [9.17, 15) is 0 Å². The van der Waals surface area contributed by atoms with Crippen molar-refractivity contribution in [1.82, 2.24) is 4.57 Å². The molecular formula is C52H34N2S. The molecule has 0 fully saturated rings. The van der Waals surface area contributed by atoms with Crippen LogP contribution >= 0.6 is 11.3 Å². The number of hydrogen-bond acceptors (Lipinski definition) is 2. The normalized spacial score (nSPS) is 11.6. The van der Waals surface area contributed by atoms with Gasteiger partial charge in [0.1, 0.15) is 0 Å². The maximum Gasteiger partial charge on any atom is 0.0547 e. The van der Waals surface area contributed by atoms with Gasteiger partial charge < -0.3 is 9.47 Å². The van der Waals surface area contributed by atoms with Gasteiger partial charge >= 0.3 is 0 Å². The summed E-state index contributed by atoms with van der Waals surface area (Å²) in [6.07, 6.45) is 0. The summed E-state index contributed by atoms with van der Waals surface area (Å²) in [5, 5.41) is 7.66. The molecule has 258 valence electrons. The first-order chi connectivity index (χ1) is 27.3. The lowest BCUT2D eigenvalue weighted by Gasteiger charge is -2.26. The maximum absolute atomic E-state index is 2.39. The van der Waals surface area contributed by atoms with Crippen molar-refractivity contribution < 1.29 is 0 Å². The van der Waals surface area contributed by atoms with Gasteiger partial charge in [0.2, 0.25) is 0 Å². The Labute approximate surface area is 323 Å². The van der Waals surface area contributed by atoms with Crippen LogP contribution in [-0.4, -0.2) is 4.57 Å². The fourth-order valence-corrected chi connectivity index (χ4v) is 9.48. The van der Waals surface area contributed by atoms with E-state index < -0.39 is 0 Å². The van der Waals surface area contributed by atoms with Gasteiger partial charge in [0.05, 0.1) is 11.0 Å². The zero-order valence-electron chi connectivity index (χ0n) is 29.9. The lowest BCUT2D eigenvalue weighted by molar-refractivity contribution is 1.18. The van der Waals surface area contributed by atoms with E-state index >= 15 is 0 Å². The van der Waals surface area contributed by atoms with Crippen molar-refractivity contribution in [3.05, 3.63) is 206 Å². The van der Waals surface area contributed by atoms with E-state index in [0.29, 0.717) is 0 Å². The second-order valence-corrected chi connectivity index (χ2v) is 15.2. The molecule has 9 aromatic carbocycles. The Morgan fingerprint density at radius 2 is 0.982 bits per heavy atom. The van der Waals surface area contributed by atoms with Gasteiger partial charge in [0, 0.05) is 53.7 Å². The van der Waals surface area contributed by atoms with Gasteiger partial charge in [-0.3, -0.25) is 0 Å². The van der Waals surface area contributed by atoms with Crippen LogP contribution in [0.25, 0.3) is 80.7 Å². The van der Waals surface area contributed by atoms with Crippen molar-refractivity contribution in [3.63, 3.8) is 0 Å². The van der Waals surface area contributed by atoms with Crippen molar-refractivity contribution in [3.8, 4) is 27.9 Å². The molecule has 0 spiro atoms. The highest BCUT2D eigenvalue weighted by molar-refractivity contribution is 7.25. The smallest absolute Gasteiger partial charge is 0.0547 e. The van der Waals surface area contributed by atoms with Crippen LogP contribution in [0.15, 0.2) is 206 Å². The summed E-state index contributed by atoms with van der Waals surface area (Å²) in [5.74, 6) is 0. The Morgan fingerprint density at radius 1 is 0.345 bits per heavy atom. The first-order valence-electron chi connectivity index (χ1n) is 18.8. The molecule has 11 aromatic rings. The second-order valence-electron chi connectivity index (χ2n) is 14.2. The van der Waals surface area contributed by atoms with Crippen molar-refractivity contribution >= 4 is 81.1 Å². The minimum atomic E-state index is 1.11. The molecule has 2 heterocycles. The average molecular weight is 719 g/mol. The van der Waals surface area contributed by atoms with Gasteiger partial charge in [0.15, 0.2) is 0 Å². The molecule has 0 radical (unpaired) electrons. The van der Waals surface area contributed by atoms with E-state index in [2.05, 4.69) is 216 Å². The molecule has 2 nitrogen and oxygen atoms in total. The number of nitrogens with zero attached hydrogens (tertiary/aromatic N) is 2. The molecule has 55 heavy (non-hydrogen) atoms. The Bertz CT molecular complexity index is 3190. The van der Waals surface area contributed by atoms with E-state index in [1.165, 1.54) is 80.7 Å². The van der Waals surface area contributed by atoms with Gasteiger partial charge in [-0.05, 0) is 112 Å². The Balaban J connectivity index is 1.02. The number of para-hydroxylation sites is 2. The molecule has 0 saturated heterocycles. The fourth-order valence-electron chi connectivity index (χ4n) is 8.39. The summed E-state index contributed by atoms with van der Waals surface area (Å²) >= 11 is 1.85. The molecule has 2 aromatic heterocycles. The van der Waals surface area contributed by atoms with Gasteiger partial charge in [-0.1, -0.05) is 127 Å². The number of rotatable bonds is 6. The third-order valence-corrected chi connectivity index (χ3v) is 12.1. The van der Waals surface area contributed by atoms with Crippen LogP contribution in [0.4, 0.5) is 17.1 Å². The van der Waals surface area contributed by atoms with Crippen LogP contribution < -0.4 is 4.90 Å². The predicted octanol–water partition coefficient (Wildman–Crippen LogP) is 15.1. The van der Waals surface area contributed by atoms with Crippen LogP contribution in [-0.2, 0) is 0 Å². The minimum Gasteiger partial charge on any atom is -0.310 e. The van der Waals surface area contributed by atoms with Crippen LogP contribution in [0.5, 0.6) is 0 Å². The van der Waals surface area contributed by atoms with Crippen LogP contribution in [0.3, 0.4) is 0 Å². The quantitative estimate of drug-likeness (QED) is 0.166. The van der Waals surface area contributed by atoms with Crippen LogP contribution in [0.2, 0.25) is 0 Å². The highest BCUT2D eigenvalue weighted by atomic mass is 32.1. The minimum absolute atomic E-state index is 1.11. The fraction of sp³-hybridized carbons (Fsp3) is 0. The molecule has 11 rings (SSSR count). The first kappa shape index (κ1) is 31.6. The molecule has 0 N–H and O–H groups in total. The molecule has 0 amide bonds. The summed E-state index contributed by atoms with van der Waals surface area (Å²) in [6.45, 7) is 0. The molecule has 0 saturated carbocycles. The lowest BCUT2D eigenvalue weighted by Crippen LogP contribution is -2.10. The third-order valence-electron chi connectivity index (χ3n) is 11.0. The van der Waals surface area contributed by atoms with E-state index in [1.54, 1.807) is 0 Å². The first-order valence-corrected chi connectivity index (χ1v) is 19.6. The molecular weight excluding hydrogens is 685 g/mol. The Kier molecular flexibility index (Phi) is 7.39. The second kappa shape index (κ2) is 12.9. The van der Waals surface area contributed by atoms with E-state index in [4.69, 9.17) is 0 Å². The summed E-state index contributed by atoms with van der Waals surface area (Å²) in [7, 11) is 0. The number of anilines is 3. The monoisotopic (exact) mass is 718 g/mol. The maximum atomic E-state index is 2.39. The summed E-state index contributed by atoms with van der Waals surface area (Å²) in [6, 6.07) is 75.1. The van der Waals surface area contributed by atoms with E-state index in [1.807, 2.05) is 11.3 Å². The Morgan fingerprint density at radius 3 is 1.84 bits per heavy atom. The summed E-state index contributed by atoms with van der Waals surface area (Å²) in [5.41, 5.74) is 11.8. The lowest BCUT2D eigenvalue weighted by atomic mass is 9.98. The number of aromatic nitrogens is 1. The van der Waals surface area contributed by atoms with Crippen molar-refractivity contribution in [2.75, 3.05) is 4.90 Å². The Hall–Kier alpha value is -6.94. The highest BCUT2D eigenvalue weighted by Gasteiger charge is 2.18. The number of thiophene rings is 1. The highest BCUT2D eigenvalue weighted by Crippen LogP contribution is 2.43. The van der Waals surface area contributed by atoms with E-state index in [-0.39, 0.29) is 0 Å². The molecule has 0 unspecified atom stereocenters. The van der Waals surface area contributed by atoms with Gasteiger partial charge in [-0.15, -0.1) is 11.3 Å².